The van der Waals surface area contributed by atoms with Gasteiger partial charge in [0.25, 0.3) is 0 Å². The number of halogens is 1. The molecule has 0 spiro atoms. The zero-order valence-corrected chi connectivity index (χ0v) is 17.1. The van der Waals surface area contributed by atoms with E-state index in [4.69, 9.17) is 16.3 Å². The number of nitrogens with one attached hydrogen (secondary N) is 1. The van der Waals surface area contributed by atoms with E-state index in [-0.39, 0.29) is 17.9 Å². The molecule has 0 unspecified atom stereocenters. The first-order valence-electron chi connectivity index (χ1n) is 9.30. The van der Waals surface area contributed by atoms with Crippen LogP contribution in [0.2, 0.25) is 5.02 Å². The minimum atomic E-state index is -0.303. The van der Waals surface area contributed by atoms with Gasteiger partial charge < -0.3 is 15.2 Å². The first-order chi connectivity index (χ1) is 12.4. The number of phenols is 1. The van der Waals surface area contributed by atoms with E-state index in [0.717, 1.165) is 50.1 Å². The fourth-order valence-electron chi connectivity index (χ4n) is 2.92. The minimum absolute atomic E-state index is 0.0949. The summed E-state index contributed by atoms with van der Waals surface area (Å²) < 4.78 is 7.64. The van der Waals surface area contributed by atoms with Gasteiger partial charge in [-0.1, -0.05) is 25.4 Å². The molecule has 1 amide bonds. The monoisotopic (exact) mass is 400 g/mol. The fraction of sp³-hybridized carbons (Fsp3) is 0.632. The lowest BCUT2D eigenvalue weighted by Gasteiger charge is -2.23. The molecule has 1 aromatic carbocycles. The molecule has 1 aliphatic carbocycles. The van der Waals surface area contributed by atoms with E-state index in [0.29, 0.717) is 17.5 Å². The predicted molar refractivity (Wildman–Crippen MR) is 107 cm³/mol. The maximum Gasteiger partial charge on any atom is 0.407 e. The molecule has 0 atom stereocenters. The zero-order valence-electron chi connectivity index (χ0n) is 15.5. The van der Waals surface area contributed by atoms with Gasteiger partial charge in [-0.3, -0.25) is 0 Å². The first-order valence-corrected chi connectivity index (χ1v) is 10.4. The van der Waals surface area contributed by atoms with Crippen LogP contribution in [0.4, 0.5) is 4.79 Å². The first kappa shape index (κ1) is 21.2. The summed E-state index contributed by atoms with van der Waals surface area (Å²) >= 11 is 7.47. The predicted octanol–water partition coefficient (Wildman–Crippen LogP) is 5.07. The normalized spacial score (nSPS) is 15.0. The summed E-state index contributed by atoms with van der Waals surface area (Å²) in [6.45, 7) is 6.68. The molecule has 5 nitrogen and oxygen atoms in total. The molecule has 2 N–H and O–H groups in total. The molecule has 1 saturated carbocycles. The Bertz CT molecular complexity index is 580. The lowest BCUT2D eigenvalue weighted by Crippen LogP contribution is -2.31. The summed E-state index contributed by atoms with van der Waals surface area (Å²) in [4.78, 5) is 12.7. The smallest absolute Gasteiger partial charge is 0.407 e. The average Bonchev–Trinajstić information content (AvgIpc) is 3.07. The molecule has 7 heteroatoms. The Hall–Kier alpha value is -1.11. The SMILES string of the molecule is CC(C)CN(CCCNC(=O)OC1CCCC1)Sc1ccc(Cl)c(O)c1. The summed E-state index contributed by atoms with van der Waals surface area (Å²) in [6, 6.07) is 5.28. The molecule has 0 bridgehead atoms. The largest absolute Gasteiger partial charge is 0.506 e. The van der Waals surface area contributed by atoms with Crippen molar-refractivity contribution in [2.75, 3.05) is 19.6 Å². The highest BCUT2D eigenvalue weighted by Gasteiger charge is 2.19. The molecule has 1 aromatic rings. The highest BCUT2D eigenvalue weighted by atomic mass is 35.5. The average molecular weight is 401 g/mol. The van der Waals surface area contributed by atoms with Crippen LogP contribution < -0.4 is 5.32 Å². The molecule has 26 heavy (non-hydrogen) atoms. The van der Waals surface area contributed by atoms with Crippen molar-refractivity contribution < 1.29 is 14.6 Å². The maximum absolute atomic E-state index is 11.8. The fourth-order valence-corrected chi connectivity index (χ4v) is 4.23. The Morgan fingerprint density at radius 3 is 2.81 bits per heavy atom. The summed E-state index contributed by atoms with van der Waals surface area (Å²) in [7, 11) is 0. The van der Waals surface area contributed by atoms with Crippen molar-refractivity contribution in [3.63, 3.8) is 0 Å². The van der Waals surface area contributed by atoms with Crippen LogP contribution in [0, 0.1) is 5.92 Å². The maximum atomic E-state index is 11.8. The molecule has 0 aliphatic heterocycles. The number of phenolic OH excluding ortho intramolecular Hbond substituents is 1. The highest BCUT2D eigenvalue weighted by molar-refractivity contribution is 7.97. The van der Waals surface area contributed by atoms with Crippen molar-refractivity contribution in [3.05, 3.63) is 23.2 Å². The second-order valence-corrected chi connectivity index (χ2v) is 8.66. The van der Waals surface area contributed by atoms with E-state index in [1.165, 1.54) is 0 Å². The number of aromatic hydroxyl groups is 1. The van der Waals surface area contributed by atoms with Gasteiger partial charge in [-0.25, -0.2) is 9.10 Å². The van der Waals surface area contributed by atoms with Gasteiger partial charge >= 0.3 is 6.09 Å². The second-order valence-electron chi connectivity index (χ2n) is 7.08. The van der Waals surface area contributed by atoms with Crippen molar-refractivity contribution in [3.8, 4) is 5.75 Å². The van der Waals surface area contributed by atoms with Crippen LogP contribution in [0.5, 0.6) is 5.75 Å². The quantitative estimate of drug-likeness (QED) is 0.447. The lowest BCUT2D eigenvalue weighted by molar-refractivity contribution is 0.101. The third-order valence-corrected chi connectivity index (χ3v) is 5.52. The molecule has 1 fully saturated rings. The number of alkyl carbamates (subject to hydrolysis) is 1. The molecule has 146 valence electrons. The van der Waals surface area contributed by atoms with Crippen molar-refractivity contribution in [2.24, 2.45) is 5.92 Å². The topological polar surface area (TPSA) is 61.8 Å². The summed E-state index contributed by atoms with van der Waals surface area (Å²) in [5, 5.41) is 13.0. The third kappa shape index (κ3) is 7.64. The van der Waals surface area contributed by atoms with Crippen molar-refractivity contribution >= 4 is 29.6 Å². The number of rotatable bonds is 9. The Morgan fingerprint density at radius 2 is 2.15 bits per heavy atom. The van der Waals surface area contributed by atoms with Crippen molar-refractivity contribution in [1.29, 1.82) is 0 Å². The summed E-state index contributed by atoms with van der Waals surface area (Å²) in [5.41, 5.74) is 0. The van der Waals surface area contributed by atoms with Crippen LogP contribution in [-0.2, 0) is 4.74 Å². The van der Waals surface area contributed by atoms with Crippen molar-refractivity contribution in [1.82, 2.24) is 9.62 Å². The number of carbonyl (C=O) groups excluding carboxylic acids is 1. The third-order valence-electron chi connectivity index (χ3n) is 4.15. The van der Waals surface area contributed by atoms with Gasteiger partial charge in [0.05, 0.1) is 5.02 Å². The van der Waals surface area contributed by atoms with E-state index >= 15 is 0 Å². The number of benzene rings is 1. The molecule has 1 aliphatic rings. The van der Waals surface area contributed by atoms with Crippen LogP contribution in [-0.4, -0.2) is 41.2 Å². The van der Waals surface area contributed by atoms with Crippen LogP contribution in [0.1, 0.15) is 46.0 Å². The molecular formula is C19H29ClN2O3S. The molecule has 0 heterocycles. The Morgan fingerprint density at radius 1 is 1.42 bits per heavy atom. The van der Waals surface area contributed by atoms with Gasteiger partial charge in [0, 0.05) is 24.5 Å². The van der Waals surface area contributed by atoms with Crippen LogP contribution in [0.3, 0.4) is 0 Å². The minimum Gasteiger partial charge on any atom is -0.506 e. The van der Waals surface area contributed by atoms with E-state index in [1.54, 1.807) is 24.1 Å². The zero-order chi connectivity index (χ0) is 18.9. The summed E-state index contributed by atoms with van der Waals surface area (Å²) in [5.74, 6) is 0.612. The number of hydrogen-bond acceptors (Lipinski definition) is 5. The lowest BCUT2D eigenvalue weighted by atomic mass is 10.2. The Labute approximate surface area is 165 Å². The van der Waals surface area contributed by atoms with E-state index < -0.39 is 0 Å². The van der Waals surface area contributed by atoms with Gasteiger partial charge in [0.15, 0.2) is 0 Å². The Kier molecular flexibility index (Phi) is 8.88. The van der Waals surface area contributed by atoms with E-state index in [9.17, 15) is 9.90 Å². The Balaban J connectivity index is 1.74. The van der Waals surface area contributed by atoms with Gasteiger partial charge in [-0.15, -0.1) is 0 Å². The van der Waals surface area contributed by atoms with Gasteiger partial charge in [-0.2, -0.15) is 0 Å². The number of carbonyl (C=O) groups is 1. The van der Waals surface area contributed by atoms with Gasteiger partial charge in [0.2, 0.25) is 0 Å². The number of nitrogens with zero attached hydrogens (tertiary/aromatic N) is 1. The van der Waals surface area contributed by atoms with E-state index in [2.05, 4.69) is 23.5 Å². The van der Waals surface area contributed by atoms with Crippen molar-refractivity contribution in [2.45, 2.75) is 57.0 Å². The van der Waals surface area contributed by atoms with Gasteiger partial charge in [-0.05, 0) is 68.2 Å². The molecule has 2 rings (SSSR count). The molecule has 0 radical (unpaired) electrons. The molecular weight excluding hydrogens is 372 g/mol. The summed E-state index contributed by atoms with van der Waals surface area (Å²) in [6.07, 6.45) is 4.90. The standard InChI is InChI=1S/C19H29ClN2O3S/c1-14(2)13-22(26-16-8-9-17(20)18(23)12-16)11-5-10-21-19(24)25-15-6-3-4-7-15/h8-9,12,14-15,23H,3-7,10-11,13H2,1-2H3,(H,21,24). The van der Waals surface area contributed by atoms with Crippen LogP contribution >= 0.6 is 23.5 Å². The van der Waals surface area contributed by atoms with Crippen LogP contribution in [0.25, 0.3) is 0 Å². The second kappa shape index (κ2) is 10.9. The number of ether oxygens (including phenoxy) is 1. The molecule has 0 aromatic heterocycles. The van der Waals surface area contributed by atoms with Crippen LogP contribution in [0.15, 0.2) is 23.1 Å². The number of amides is 1. The number of hydrogen-bond donors (Lipinski definition) is 2. The highest BCUT2D eigenvalue weighted by Crippen LogP contribution is 2.31. The van der Waals surface area contributed by atoms with E-state index in [1.807, 2.05) is 6.07 Å². The van der Waals surface area contributed by atoms with Gasteiger partial charge in [0.1, 0.15) is 11.9 Å². The molecule has 0 saturated heterocycles.